The van der Waals surface area contributed by atoms with Crippen LogP contribution in [0.1, 0.15) is 39.6 Å². The predicted molar refractivity (Wildman–Crippen MR) is 124 cm³/mol. The van der Waals surface area contributed by atoms with Crippen molar-refractivity contribution in [1.29, 1.82) is 0 Å². The van der Waals surface area contributed by atoms with Gasteiger partial charge in [-0.3, -0.25) is 19.1 Å². The molecule has 1 aliphatic heterocycles. The van der Waals surface area contributed by atoms with Gasteiger partial charge in [0.2, 0.25) is 0 Å². The van der Waals surface area contributed by atoms with E-state index in [2.05, 4.69) is 15.2 Å². The summed E-state index contributed by atoms with van der Waals surface area (Å²) >= 11 is 5.89. The summed E-state index contributed by atoms with van der Waals surface area (Å²) in [6.45, 7) is 1.82. The van der Waals surface area contributed by atoms with Crippen LogP contribution < -0.4 is 11.0 Å². The molecule has 0 radical (unpaired) electrons. The molecule has 1 aliphatic rings. The molecule has 1 aromatic heterocycles. The smallest absolute Gasteiger partial charge is 0.326 e. The van der Waals surface area contributed by atoms with Gasteiger partial charge in [-0.2, -0.15) is 0 Å². The van der Waals surface area contributed by atoms with E-state index in [1.165, 1.54) is 0 Å². The number of imidazole rings is 1. The Morgan fingerprint density at radius 1 is 1.10 bits per heavy atom. The van der Waals surface area contributed by atoms with Crippen LogP contribution in [0.4, 0.5) is 0 Å². The quantitative estimate of drug-likeness (QED) is 0.569. The third-order valence-electron chi connectivity index (χ3n) is 5.66. The topological polar surface area (TPSA) is 87.2 Å². The molecule has 0 saturated carbocycles. The highest BCUT2D eigenvalue weighted by Gasteiger charge is 2.25. The van der Waals surface area contributed by atoms with Crippen LogP contribution in [0.5, 0.6) is 0 Å². The summed E-state index contributed by atoms with van der Waals surface area (Å²) in [6.07, 6.45) is 1.55. The number of nitrogens with one attached hydrogen (secondary N) is 2. The van der Waals surface area contributed by atoms with Crippen molar-refractivity contribution in [2.45, 2.75) is 18.9 Å². The number of Topliss-reactive ketones (excluding diaryl/α,β-unsaturated/α-hetero) is 1. The van der Waals surface area contributed by atoms with Gasteiger partial charge in [0.1, 0.15) is 0 Å². The molecule has 164 valence electrons. The fourth-order valence-corrected chi connectivity index (χ4v) is 4.17. The van der Waals surface area contributed by atoms with Crippen molar-refractivity contribution in [2.75, 3.05) is 26.7 Å². The first-order chi connectivity index (χ1) is 14.5. The number of carbonyl (C=O) groups is 2. The van der Waals surface area contributed by atoms with Gasteiger partial charge in [-0.25, -0.2) is 4.79 Å². The summed E-state index contributed by atoms with van der Waals surface area (Å²) in [5.41, 5.74) is 2.44. The van der Waals surface area contributed by atoms with Crippen molar-refractivity contribution in [3.8, 4) is 0 Å². The fourth-order valence-electron chi connectivity index (χ4n) is 4.04. The molecule has 0 unspecified atom stereocenters. The third kappa shape index (κ3) is 4.84. The lowest BCUT2D eigenvalue weighted by Gasteiger charge is -2.32. The molecule has 3 aromatic rings. The zero-order valence-electron chi connectivity index (χ0n) is 17.1. The second-order valence-corrected chi connectivity index (χ2v) is 7.99. The van der Waals surface area contributed by atoms with Crippen molar-refractivity contribution in [2.24, 2.45) is 0 Å². The van der Waals surface area contributed by atoms with Gasteiger partial charge in [0.05, 0.1) is 17.6 Å². The Hall–Kier alpha value is -2.61. The number of piperidine rings is 1. The molecule has 2 aromatic carbocycles. The summed E-state index contributed by atoms with van der Waals surface area (Å²) < 4.78 is 1.78. The summed E-state index contributed by atoms with van der Waals surface area (Å²) in [6, 6.07) is 12.2. The number of carbonyl (C=O) groups excluding carboxylic acids is 2. The van der Waals surface area contributed by atoms with Gasteiger partial charge >= 0.3 is 5.69 Å². The van der Waals surface area contributed by atoms with Gasteiger partial charge in [0.15, 0.2) is 5.78 Å². The normalized spacial score (nSPS) is 14.9. The van der Waals surface area contributed by atoms with Crippen LogP contribution in [0.3, 0.4) is 0 Å². The molecular weight excluding hydrogens is 439 g/mol. The highest BCUT2D eigenvalue weighted by atomic mass is 35.5. The lowest BCUT2D eigenvalue weighted by Crippen LogP contribution is -2.39. The van der Waals surface area contributed by atoms with Gasteiger partial charge in [0, 0.05) is 42.3 Å². The van der Waals surface area contributed by atoms with E-state index in [1.807, 2.05) is 6.07 Å². The number of hydrogen-bond acceptors (Lipinski definition) is 4. The SMILES string of the molecule is CNC(=O)c1ccc2c(c1)[nH]c(=O)n2C1CCN(CC(=O)c2ccc(Cl)cc2)CC1.Cl. The van der Waals surface area contributed by atoms with Crippen LogP contribution in [-0.2, 0) is 0 Å². The number of benzene rings is 2. The van der Waals surface area contributed by atoms with Crippen LogP contribution in [0.2, 0.25) is 5.02 Å². The number of H-pyrrole nitrogens is 1. The number of nitrogens with zero attached hydrogens (tertiary/aromatic N) is 2. The van der Waals surface area contributed by atoms with E-state index >= 15 is 0 Å². The minimum atomic E-state index is -0.191. The van der Waals surface area contributed by atoms with Crippen molar-refractivity contribution < 1.29 is 9.59 Å². The average molecular weight is 463 g/mol. The van der Waals surface area contributed by atoms with Gasteiger partial charge in [0.25, 0.3) is 5.91 Å². The molecule has 1 fully saturated rings. The van der Waals surface area contributed by atoms with E-state index in [4.69, 9.17) is 11.6 Å². The predicted octanol–water partition coefficient (Wildman–Crippen LogP) is 3.28. The minimum Gasteiger partial charge on any atom is -0.355 e. The molecule has 0 aliphatic carbocycles. The Balaban J connectivity index is 0.00000272. The second-order valence-electron chi connectivity index (χ2n) is 7.55. The summed E-state index contributed by atoms with van der Waals surface area (Å²) in [5, 5.41) is 3.20. The standard InChI is InChI=1S/C22H23ClN4O3.ClH/c1-24-21(29)15-4-7-19-18(12-15)25-22(30)27(19)17-8-10-26(11-9-17)13-20(28)14-2-5-16(23)6-3-14;/h2-7,12,17H,8-11,13H2,1H3,(H,24,29)(H,25,30);1H. The Morgan fingerprint density at radius 2 is 1.74 bits per heavy atom. The number of amides is 1. The van der Waals surface area contributed by atoms with E-state index in [-0.39, 0.29) is 35.8 Å². The first-order valence-electron chi connectivity index (χ1n) is 9.93. The molecule has 0 atom stereocenters. The molecule has 1 amide bonds. The summed E-state index contributed by atoms with van der Waals surface area (Å²) in [4.78, 5) is 41.9. The van der Waals surface area contributed by atoms with Crippen LogP contribution >= 0.6 is 24.0 Å². The number of halogens is 2. The number of likely N-dealkylation sites (tertiary alicyclic amines) is 1. The van der Waals surface area contributed by atoms with Crippen molar-refractivity contribution >= 4 is 46.7 Å². The molecular formula is C22H24Cl2N4O3. The van der Waals surface area contributed by atoms with Gasteiger partial charge < -0.3 is 10.3 Å². The highest BCUT2D eigenvalue weighted by Crippen LogP contribution is 2.25. The molecule has 7 nitrogen and oxygen atoms in total. The Bertz CT molecular complexity index is 1150. The molecule has 2 N–H and O–H groups in total. The Labute approximate surface area is 190 Å². The fraction of sp³-hybridized carbons (Fsp3) is 0.318. The lowest BCUT2D eigenvalue weighted by atomic mass is 10.0. The maximum atomic E-state index is 12.6. The molecule has 2 heterocycles. The Kier molecular flexibility index (Phi) is 7.20. The van der Waals surface area contributed by atoms with Crippen molar-refractivity contribution in [3.63, 3.8) is 0 Å². The number of aromatic nitrogens is 2. The number of aromatic amines is 1. The van der Waals surface area contributed by atoms with E-state index in [1.54, 1.807) is 48.0 Å². The van der Waals surface area contributed by atoms with Gasteiger partial charge in [-0.05, 0) is 55.3 Å². The van der Waals surface area contributed by atoms with E-state index in [0.717, 1.165) is 31.4 Å². The van der Waals surface area contributed by atoms with Crippen LogP contribution in [0, 0.1) is 0 Å². The van der Waals surface area contributed by atoms with E-state index in [9.17, 15) is 14.4 Å². The lowest BCUT2D eigenvalue weighted by molar-refractivity contribution is 0.0897. The van der Waals surface area contributed by atoms with E-state index in [0.29, 0.717) is 28.2 Å². The first kappa shape index (κ1) is 23.1. The molecule has 0 spiro atoms. The monoisotopic (exact) mass is 462 g/mol. The van der Waals surface area contributed by atoms with Crippen molar-refractivity contribution in [3.05, 3.63) is 69.1 Å². The van der Waals surface area contributed by atoms with E-state index < -0.39 is 0 Å². The second kappa shape index (κ2) is 9.68. The maximum absolute atomic E-state index is 12.6. The van der Waals surface area contributed by atoms with Crippen molar-refractivity contribution in [1.82, 2.24) is 19.8 Å². The van der Waals surface area contributed by atoms with Gasteiger partial charge in [-0.15, -0.1) is 12.4 Å². The number of rotatable bonds is 5. The maximum Gasteiger partial charge on any atom is 0.326 e. The summed E-state index contributed by atoms with van der Waals surface area (Å²) in [5.74, 6) is -0.125. The molecule has 31 heavy (non-hydrogen) atoms. The largest absolute Gasteiger partial charge is 0.355 e. The first-order valence-corrected chi connectivity index (χ1v) is 10.3. The zero-order chi connectivity index (χ0) is 21.3. The van der Waals surface area contributed by atoms with Crippen LogP contribution in [0.25, 0.3) is 11.0 Å². The number of ketones is 1. The number of fused-ring (bicyclic) bond motifs is 1. The van der Waals surface area contributed by atoms with Gasteiger partial charge in [-0.1, -0.05) is 11.6 Å². The molecule has 4 rings (SSSR count). The third-order valence-corrected chi connectivity index (χ3v) is 5.91. The minimum absolute atomic E-state index is 0. The van der Waals surface area contributed by atoms with Crippen LogP contribution in [-0.4, -0.2) is 52.8 Å². The Morgan fingerprint density at radius 3 is 2.39 bits per heavy atom. The molecule has 0 bridgehead atoms. The summed E-state index contributed by atoms with van der Waals surface area (Å²) in [7, 11) is 1.58. The average Bonchev–Trinajstić information content (AvgIpc) is 3.09. The zero-order valence-corrected chi connectivity index (χ0v) is 18.6. The van der Waals surface area contributed by atoms with Crippen LogP contribution in [0.15, 0.2) is 47.3 Å². The molecule has 1 saturated heterocycles. The highest BCUT2D eigenvalue weighted by molar-refractivity contribution is 6.30. The number of hydrogen-bond donors (Lipinski definition) is 2. The molecule has 9 heteroatoms.